The molecule has 8 nitrogen and oxygen atoms in total. The number of methoxy groups -OCH3 is 1. The molecule has 2 atom stereocenters. The minimum atomic E-state index is -0.478. The van der Waals surface area contributed by atoms with Gasteiger partial charge in [-0.05, 0) is 41.8 Å². The second-order valence-corrected chi connectivity index (χ2v) is 7.44. The smallest absolute Gasteiger partial charge is 0.411 e. The molecule has 2 heterocycles. The zero-order valence-corrected chi connectivity index (χ0v) is 17.3. The van der Waals surface area contributed by atoms with Crippen LogP contribution < -0.4 is 21.5 Å². The Bertz CT molecular complexity index is 1030. The summed E-state index contributed by atoms with van der Waals surface area (Å²) in [4.78, 5) is 11.4. The normalized spacial score (nSPS) is 18.2. The Morgan fingerprint density at radius 3 is 2.63 bits per heavy atom. The van der Waals surface area contributed by atoms with E-state index >= 15 is 0 Å². The van der Waals surface area contributed by atoms with Gasteiger partial charge in [0.25, 0.3) is 0 Å². The molecular weight excluding hydrogens is 380 g/mol. The number of anilines is 2. The maximum absolute atomic E-state index is 11.4. The van der Waals surface area contributed by atoms with Crippen molar-refractivity contribution in [3.05, 3.63) is 66.0 Å². The number of hydrogen-bond acceptors (Lipinski definition) is 6. The summed E-state index contributed by atoms with van der Waals surface area (Å²) in [5.74, 6) is 0. The van der Waals surface area contributed by atoms with E-state index in [1.54, 1.807) is 0 Å². The van der Waals surface area contributed by atoms with Gasteiger partial charge in [0.2, 0.25) is 0 Å². The van der Waals surface area contributed by atoms with Crippen molar-refractivity contribution >= 4 is 17.5 Å². The largest absolute Gasteiger partial charge is 0.453 e. The van der Waals surface area contributed by atoms with Gasteiger partial charge in [-0.25, -0.2) is 15.6 Å². The summed E-state index contributed by atoms with van der Waals surface area (Å²) in [5, 5.41) is 10.4. The van der Waals surface area contributed by atoms with E-state index in [0.717, 1.165) is 28.8 Å². The van der Waals surface area contributed by atoms with E-state index in [0.29, 0.717) is 5.69 Å². The monoisotopic (exact) mass is 406 g/mol. The van der Waals surface area contributed by atoms with E-state index in [4.69, 9.17) is 0 Å². The number of hydrazine groups is 1. The summed E-state index contributed by atoms with van der Waals surface area (Å²) in [6, 6.07) is 14.5. The number of nitrogens with zero attached hydrogens (tertiary/aromatic N) is 2. The van der Waals surface area contributed by atoms with Gasteiger partial charge in [0.15, 0.2) is 0 Å². The Labute approximate surface area is 175 Å². The zero-order chi connectivity index (χ0) is 21.1. The molecule has 0 radical (unpaired) electrons. The fourth-order valence-corrected chi connectivity index (χ4v) is 3.61. The molecule has 1 aromatic heterocycles. The lowest BCUT2D eigenvalue weighted by atomic mass is 10.0. The number of ether oxygens (including phenoxy) is 1. The average molecular weight is 406 g/mol. The Hall–Kier alpha value is -3.36. The first kappa shape index (κ1) is 19.9. The van der Waals surface area contributed by atoms with Gasteiger partial charge in [-0.1, -0.05) is 24.3 Å². The van der Waals surface area contributed by atoms with Gasteiger partial charge >= 0.3 is 6.09 Å². The highest BCUT2D eigenvalue weighted by Crippen LogP contribution is 2.27. The number of carbonyl (C=O) groups is 1. The van der Waals surface area contributed by atoms with E-state index in [-0.39, 0.29) is 12.2 Å². The minimum absolute atomic E-state index is 0.0890. The van der Waals surface area contributed by atoms with Crippen LogP contribution in [0.1, 0.15) is 23.6 Å². The zero-order valence-electron chi connectivity index (χ0n) is 17.3. The van der Waals surface area contributed by atoms with Gasteiger partial charge in [0.05, 0.1) is 19.5 Å². The summed E-state index contributed by atoms with van der Waals surface area (Å²) in [7, 11) is 3.27. The predicted molar refractivity (Wildman–Crippen MR) is 117 cm³/mol. The topological polar surface area (TPSA) is 92.2 Å². The van der Waals surface area contributed by atoms with Crippen molar-refractivity contribution in [1.29, 1.82) is 0 Å². The van der Waals surface area contributed by atoms with Crippen molar-refractivity contribution < 1.29 is 9.53 Å². The maximum Gasteiger partial charge on any atom is 0.411 e. The Morgan fingerprint density at radius 2 is 1.97 bits per heavy atom. The van der Waals surface area contributed by atoms with Gasteiger partial charge in [-0.2, -0.15) is 5.10 Å². The van der Waals surface area contributed by atoms with Crippen LogP contribution in [0.25, 0.3) is 11.1 Å². The van der Waals surface area contributed by atoms with Gasteiger partial charge in [0, 0.05) is 42.6 Å². The van der Waals surface area contributed by atoms with Crippen LogP contribution in [0.15, 0.2) is 54.9 Å². The number of hydrogen-bond donors (Lipinski definition) is 4. The van der Waals surface area contributed by atoms with Crippen molar-refractivity contribution in [2.75, 3.05) is 17.7 Å². The molecule has 0 saturated carbocycles. The highest BCUT2D eigenvalue weighted by Gasteiger charge is 2.25. The van der Waals surface area contributed by atoms with Crippen LogP contribution in [0.3, 0.4) is 0 Å². The Kier molecular flexibility index (Phi) is 5.69. The molecule has 156 valence electrons. The first-order chi connectivity index (χ1) is 14.5. The number of rotatable bonds is 5. The van der Waals surface area contributed by atoms with Crippen LogP contribution in [0.5, 0.6) is 0 Å². The SMILES string of the molecule is COC(=O)Nc1ccc(NC2CC(c3ccc(-c4cnn(C)c4)cc3)NN2)c(C)c1. The molecule has 2 unspecified atom stereocenters. The molecule has 0 bridgehead atoms. The molecule has 0 aliphatic carbocycles. The number of carbonyl (C=O) groups excluding carboxylic acids is 1. The summed E-state index contributed by atoms with van der Waals surface area (Å²) in [6.07, 6.45) is 4.39. The van der Waals surface area contributed by atoms with Crippen molar-refractivity contribution in [1.82, 2.24) is 20.6 Å². The first-order valence-electron chi connectivity index (χ1n) is 9.84. The van der Waals surface area contributed by atoms with Crippen LogP contribution in [0, 0.1) is 6.92 Å². The number of aromatic nitrogens is 2. The molecular formula is C22H26N6O2. The third-order valence-electron chi connectivity index (χ3n) is 5.24. The Balaban J connectivity index is 1.37. The molecule has 1 saturated heterocycles. The van der Waals surface area contributed by atoms with Crippen LogP contribution in [0.4, 0.5) is 16.2 Å². The highest BCUT2D eigenvalue weighted by molar-refractivity contribution is 5.85. The van der Waals surface area contributed by atoms with Crippen molar-refractivity contribution in [2.45, 2.75) is 25.6 Å². The summed E-state index contributed by atoms with van der Waals surface area (Å²) >= 11 is 0. The Morgan fingerprint density at radius 1 is 1.17 bits per heavy atom. The van der Waals surface area contributed by atoms with Crippen LogP contribution in [0.2, 0.25) is 0 Å². The lowest BCUT2D eigenvalue weighted by molar-refractivity contribution is 0.187. The fraction of sp³-hybridized carbons (Fsp3) is 0.273. The molecule has 2 aromatic carbocycles. The van der Waals surface area contributed by atoms with Crippen molar-refractivity contribution in [2.24, 2.45) is 7.05 Å². The maximum atomic E-state index is 11.4. The van der Waals surface area contributed by atoms with E-state index in [1.165, 1.54) is 12.7 Å². The van der Waals surface area contributed by atoms with Gasteiger partial charge in [-0.3, -0.25) is 10.00 Å². The predicted octanol–water partition coefficient (Wildman–Crippen LogP) is 3.55. The summed E-state index contributed by atoms with van der Waals surface area (Å²) in [6.45, 7) is 2.00. The van der Waals surface area contributed by atoms with E-state index < -0.39 is 6.09 Å². The second kappa shape index (κ2) is 8.56. The molecule has 4 N–H and O–H groups in total. The quantitative estimate of drug-likeness (QED) is 0.518. The molecule has 30 heavy (non-hydrogen) atoms. The summed E-state index contributed by atoms with van der Waals surface area (Å²) in [5.41, 5.74) is 12.9. The van der Waals surface area contributed by atoms with E-state index in [2.05, 4.69) is 55.6 Å². The number of aryl methyl sites for hydroxylation is 2. The third-order valence-corrected chi connectivity index (χ3v) is 5.24. The molecule has 8 heteroatoms. The van der Waals surface area contributed by atoms with Crippen LogP contribution in [-0.2, 0) is 11.8 Å². The fourth-order valence-electron chi connectivity index (χ4n) is 3.61. The average Bonchev–Trinajstić information content (AvgIpc) is 3.39. The number of nitrogens with one attached hydrogen (secondary N) is 4. The van der Waals surface area contributed by atoms with E-state index in [1.807, 2.05) is 49.2 Å². The molecule has 1 aliphatic heterocycles. The van der Waals surface area contributed by atoms with Crippen LogP contribution >= 0.6 is 0 Å². The molecule has 1 fully saturated rings. The highest BCUT2D eigenvalue weighted by atomic mass is 16.5. The number of benzene rings is 2. The van der Waals surface area contributed by atoms with Gasteiger partial charge in [-0.15, -0.1) is 0 Å². The van der Waals surface area contributed by atoms with Gasteiger partial charge in [0.1, 0.15) is 0 Å². The lowest BCUT2D eigenvalue weighted by Crippen LogP contribution is -2.36. The van der Waals surface area contributed by atoms with Gasteiger partial charge < -0.3 is 10.1 Å². The standard InChI is InChI=1S/C22H26N6O2/c1-14-10-18(24-22(29)30-3)8-9-19(14)25-21-11-20(26-27-21)16-6-4-15(5-7-16)17-12-23-28(2)13-17/h4-10,12-13,20-21,25-27H,11H2,1-3H3,(H,24,29). The number of amides is 1. The van der Waals surface area contributed by atoms with E-state index in [9.17, 15) is 4.79 Å². The van der Waals surface area contributed by atoms with Crippen molar-refractivity contribution in [3.8, 4) is 11.1 Å². The lowest BCUT2D eigenvalue weighted by Gasteiger charge is -2.16. The molecule has 3 aromatic rings. The molecule has 0 spiro atoms. The first-order valence-corrected chi connectivity index (χ1v) is 9.84. The molecule has 1 amide bonds. The minimum Gasteiger partial charge on any atom is -0.453 e. The third kappa shape index (κ3) is 4.45. The molecule has 4 rings (SSSR count). The second-order valence-electron chi connectivity index (χ2n) is 7.44. The summed E-state index contributed by atoms with van der Waals surface area (Å²) < 4.78 is 6.44. The van der Waals surface area contributed by atoms with Crippen LogP contribution in [-0.4, -0.2) is 29.1 Å². The van der Waals surface area contributed by atoms with Crippen molar-refractivity contribution in [3.63, 3.8) is 0 Å². The molecule has 1 aliphatic rings.